The van der Waals surface area contributed by atoms with Gasteiger partial charge in [0, 0.05) is 12.7 Å². The van der Waals surface area contributed by atoms with Gasteiger partial charge in [-0.05, 0) is 30.2 Å². The van der Waals surface area contributed by atoms with E-state index in [2.05, 4.69) is 12.0 Å². The van der Waals surface area contributed by atoms with Gasteiger partial charge in [0.15, 0.2) is 11.5 Å². The molecule has 1 aromatic carbocycles. The van der Waals surface area contributed by atoms with Crippen molar-refractivity contribution in [2.45, 2.75) is 26.0 Å². The molecule has 0 amide bonds. The van der Waals surface area contributed by atoms with Gasteiger partial charge in [-0.2, -0.15) is 5.10 Å². The van der Waals surface area contributed by atoms with E-state index in [0.29, 0.717) is 19.0 Å². The standard InChI is InChI=1S/C15H18N2O3/c1-2-7-17-12(5-6-16-17)15(18)11-3-4-13-14(10-11)20-9-8-19-13/h3-6,10,15,18H,2,7-9H2,1H3. The van der Waals surface area contributed by atoms with E-state index < -0.39 is 6.10 Å². The summed E-state index contributed by atoms with van der Waals surface area (Å²) in [6.45, 7) is 3.99. The lowest BCUT2D eigenvalue weighted by atomic mass is 10.1. The Kier molecular flexibility index (Phi) is 3.60. The molecule has 0 bridgehead atoms. The highest BCUT2D eigenvalue weighted by Crippen LogP contribution is 2.34. The molecule has 0 radical (unpaired) electrons. The first-order valence-electron chi connectivity index (χ1n) is 6.89. The van der Waals surface area contributed by atoms with E-state index in [1.165, 1.54) is 0 Å². The number of nitrogens with zero attached hydrogens (tertiary/aromatic N) is 2. The van der Waals surface area contributed by atoms with Crippen molar-refractivity contribution in [3.8, 4) is 11.5 Å². The second-order valence-corrected chi connectivity index (χ2v) is 4.78. The number of fused-ring (bicyclic) bond motifs is 1. The number of aryl methyl sites for hydroxylation is 1. The molecule has 5 heteroatoms. The molecule has 2 aromatic rings. The molecule has 20 heavy (non-hydrogen) atoms. The molecule has 0 fully saturated rings. The molecule has 1 aliphatic heterocycles. The van der Waals surface area contributed by atoms with Crippen LogP contribution in [0.3, 0.4) is 0 Å². The van der Waals surface area contributed by atoms with Crippen molar-refractivity contribution in [3.05, 3.63) is 41.7 Å². The Labute approximate surface area is 117 Å². The van der Waals surface area contributed by atoms with Crippen LogP contribution in [0.15, 0.2) is 30.5 Å². The molecular weight excluding hydrogens is 256 g/mol. The number of rotatable bonds is 4. The zero-order valence-electron chi connectivity index (χ0n) is 11.5. The predicted octanol–water partition coefficient (Wildman–Crippen LogP) is 2.15. The zero-order chi connectivity index (χ0) is 13.9. The summed E-state index contributed by atoms with van der Waals surface area (Å²) in [5, 5.41) is 14.8. The SMILES string of the molecule is CCCn1nccc1C(O)c1ccc2c(c1)OCCO2. The van der Waals surface area contributed by atoms with Crippen molar-refractivity contribution in [1.29, 1.82) is 0 Å². The van der Waals surface area contributed by atoms with Gasteiger partial charge in [0.2, 0.25) is 0 Å². The Morgan fingerprint density at radius 2 is 2.05 bits per heavy atom. The lowest BCUT2D eigenvalue weighted by molar-refractivity contribution is 0.169. The first kappa shape index (κ1) is 13.0. The summed E-state index contributed by atoms with van der Waals surface area (Å²) in [6, 6.07) is 7.38. The van der Waals surface area contributed by atoms with Crippen LogP contribution in [0, 0.1) is 0 Å². The summed E-state index contributed by atoms with van der Waals surface area (Å²) in [5.74, 6) is 1.42. The first-order chi connectivity index (χ1) is 9.79. The van der Waals surface area contributed by atoms with Crippen LogP contribution in [0.25, 0.3) is 0 Å². The quantitative estimate of drug-likeness (QED) is 0.928. The van der Waals surface area contributed by atoms with Gasteiger partial charge < -0.3 is 14.6 Å². The monoisotopic (exact) mass is 274 g/mol. The zero-order valence-corrected chi connectivity index (χ0v) is 11.5. The van der Waals surface area contributed by atoms with Crippen LogP contribution >= 0.6 is 0 Å². The minimum absolute atomic E-state index is 0.542. The van der Waals surface area contributed by atoms with Crippen LogP contribution in [0.4, 0.5) is 0 Å². The third kappa shape index (κ3) is 2.36. The topological polar surface area (TPSA) is 56.5 Å². The number of aliphatic hydroxyl groups excluding tert-OH is 1. The molecule has 3 rings (SSSR count). The normalized spacial score (nSPS) is 15.1. The van der Waals surface area contributed by atoms with Crippen LogP contribution in [-0.2, 0) is 6.54 Å². The fraction of sp³-hybridized carbons (Fsp3) is 0.400. The Bertz CT molecular complexity index is 595. The van der Waals surface area contributed by atoms with Crippen LogP contribution in [-0.4, -0.2) is 28.1 Å². The van der Waals surface area contributed by atoms with Crippen molar-refractivity contribution in [3.63, 3.8) is 0 Å². The van der Waals surface area contributed by atoms with Crippen molar-refractivity contribution >= 4 is 0 Å². The van der Waals surface area contributed by atoms with Crippen molar-refractivity contribution in [2.24, 2.45) is 0 Å². The molecular formula is C15H18N2O3. The van der Waals surface area contributed by atoms with Crippen molar-refractivity contribution < 1.29 is 14.6 Å². The highest BCUT2D eigenvalue weighted by Gasteiger charge is 2.19. The minimum atomic E-state index is -0.708. The van der Waals surface area contributed by atoms with Crippen LogP contribution < -0.4 is 9.47 Å². The Hall–Kier alpha value is -2.01. The average molecular weight is 274 g/mol. The van der Waals surface area contributed by atoms with Crippen LogP contribution in [0.5, 0.6) is 11.5 Å². The second-order valence-electron chi connectivity index (χ2n) is 4.78. The Balaban J connectivity index is 1.90. The summed E-state index contributed by atoms with van der Waals surface area (Å²) in [4.78, 5) is 0. The van der Waals surface area contributed by atoms with Gasteiger partial charge in [0.05, 0.1) is 5.69 Å². The van der Waals surface area contributed by atoms with E-state index in [9.17, 15) is 5.11 Å². The Morgan fingerprint density at radius 3 is 2.85 bits per heavy atom. The molecule has 1 unspecified atom stereocenters. The van der Waals surface area contributed by atoms with Crippen molar-refractivity contribution in [2.75, 3.05) is 13.2 Å². The summed E-state index contributed by atoms with van der Waals surface area (Å²) < 4.78 is 12.9. The van der Waals surface area contributed by atoms with E-state index in [1.807, 2.05) is 28.9 Å². The highest BCUT2D eigenvalue weighted by molar-refractivity contribution is 5.45. The number of ether oxygens (including phenoxy) is 2. The van der Waals surface area contributed by atoms with E-state index in [4.69, 9.17) is 9.47 Å². The summed E-state index contributed by atoms with van der Waals surface area (Å²) >= 11 is 0. The van der Waals surface area contributed by atoms with Gasteiger partial charge in [0.25, 0.3) is 0 Å². The van der Waals surface area contributed by atoms with E-state index in [0.717, 1.165) is 30.0 Å². The molecule has 5 nitrogen and oxygen atoms in total. The number of aromatic nitrogens is 2. The fourth-order valence-corrected chi connectivity index (χ4v) is 2.37. The summed E-state index contributed by atoms with van der Waals surface area (Å²) in [7, 11) is 0. The molecule has 0 saturated carbocycles. The molecule has 1 N–H and O–H groups in total. The molecule has 0 aliphatic carbocycles. The number of hydrogen-bond acceptors (Lipinski definition) is 4. The Morgan fingerprint density at radius 1 is 1.25 bits per heavy atom. The van der Waals surface area contributed by atoms with Gasteiger partial charge >= 0.3 is 0 Å². The lowest BCUT2D eigenvalue weighted by Crippen LogP contribution is -2.16. The highest BCUT2D eigenvalue weighted by atomic mass is 16.6. The van der Waals surface area contributed by atoms with E-state index in [1.54, 1.807) is 6.20 Å². The number of aliphatic hydroxyl groups is 1. The largest absolute Gasteiger partial charge is 0.486 e. The van der Waals surface area contributed by atoms with Gasteiger partial charge in [-0.15, -0.1) is 0 Å². The maximum Gasteiger partial charge on any atom is 0.161 e. The first-order valence-corrected chi connectivity index (χ1v) is 6.89. The number of hydrogen-bond donors (Lipinski definition) is 1. The summed E-state index contributed by atoms with van der Waals surface area (Å²) in [6.07, 6.45) is 1.98. The fourth-order valence-electron chi connectivity index (χ4n) is 2.37. The molecule has 0 spiro atoms. The third-order valence-electron chi connectivity index (χ3n) is 3.35. The molecule has 2 heterocycles. The molecule has 1 aromatic heterocycles. The average Bonchev–Trinajstić information content (AvgIpc) is 2.94. The molecule has 1 atom stereocenters. The molecule has 0 saturated heterocycles. The molecule has 106 valence electrons. The molecule has 1 aliphatic rings. The van der Waals surface area contributed by atoms with E-state index >= 15 is 0 Å². The lowest BCUT2D eigenvalue weighted by Gasteiger charge is -2.20. The van der Waals surface area contributed by atoms with Crippen LogP contribution in [0.1, 0.15) is 30.7 Å². The van der Waals surface area contributed by atoms with Crippen molar-refractivity contribution in [1.82, 2.24) is 9.78 Å². The van der Waals surface area contributed by atoms with Gasteiger partial charge in [-0.25, -0.2) is 0 Å². The van der Waals surface area contributed by atoms with Crippen LogP contribution in [0.2, 0.25) is 0 Å². The van der Waals surface area contributed by atoms with Gasteiger partial charge in [-0.1, -0.05) is 13.0 Å². The minimum Gasteiger partial charge on any atom is -0.486 e. The van der Waals surface area contributed by atoms with Gasteiger partial charge in [0.1, 0.15) is 19.3 Å². The maximum absolute atomic E-state index is 10.5. The number of benzene rings is 1. The maximum atomic E-state index is 10.5. The smallest absolute Gasteiger partial charge is 0.161 e. The third-order valence-corrected chi connectivity index (χ3v) is 3.35. The summed E-state index contributed by atoms with van der Waals surface area (Å²) in [5.41, 5.74) is 1.58. The second kappa shape index (κ2) is 5.54. The predicted molar refractivity (Wildman–Crippen MR) is 74.0 cm³/mol. The van der Waals surface area contributed by atoms with E-state index in [-0.39, 0.29) is 0 Å². The van der Waals surface area contributed by atoms with Gasteiger partial charge in [-0.3, -0.25) is 4.68 Å².